The van der Waals surface area contributed by atoms with Gasteiger partial charge in [0.25, 0.3) is 0 Å². The Morgan fingerprint density at radius 2 is 2.12 bits per heavy atom. The molecule has 4 heteroatoms. The molecule has 0 unspecified atom stereocenters. The van der Waals surface area contributed by atoms with Gasteiger partial charge in [-0.25, -0.2) is 0 Å². The lowest BCUT2D eigenvalue weighted by Crippen LogP contribution is -2.24. The summed E-state index contributed by atoms with van der Waals surface area (Å²) in [6.45, 7) is 0. The van der Waals surface area contributed by atoms with E-state index in [4.69, 9.17) is 16.3 Å². The molecular formula is C12H16ClNOS. The lowest BCUT2D eigenvalue weighted by atomic mass is 10.1. The number of benzene rings is 1. The molecule has 2 nitrogen and oxygen atoms in total. The first-order valence-electron chi connectivity index (χ1n) is 5.47. The second-order valence-corrected chi connectivity index (χ2v) is 5.51. The molecule has 1 heterocycles. The molecule has 0 amide bonds. The summed E-state index contributed by atoms with van der Waals surface area (Å²) in [7, 11) is 1.67. The SMILES string of the molecule is COc1ccc(Cl)c(NC2CCSCC2)c1. The zero-order valence-electron chi connectivity index (χ0n) is 9.33. The number of hydrogen-bond acceptors (Lipinski definition) is 3. The van der Waals surface area contributed by atoms with Crippen LogP contribution in [0.1, 0.15) is 12.8 Å². The third-order valence-corrected chi connectivity index (χ3v) is 4.13. The van der Waals surface area contributed by atoms with E-state index in [0.717, 1.165) is 16.5 Å². The van der Waals surface area contributed by atoms with Crippen molar-refractivity contribution in [3.05, 3.63) is 23.2 Å². The van der Waals surface area contributed by atoms with E-state index in [1.165, 1.54) is 24.3 Å². The van der Waals surface area contributed by atoms with Crippen molar-refractivity contribution in [2.75, 3.05) is 23.9 Å². The van der Waals surface area contributed by atoms with Crippen molar-refractivity contribution in [2.45, 2.75) is 18.9 Å². The van der Waals surface area contributed by atoms with Gasteiger partial charge in [0.05, 0.1) is 17.8 Å². The molecule has 88 valence electrons. The summed E-state index contributed by atoms with van der Waals surface area (Å²) in [4.78, 5) is 0. The van der Waals surface area contributed by atoms with E-state index in [2.05, 4.69) is 5.32 Å². The number of thioether (sulfide) groups is 1. The highest BCUT2D eigenvalue weighted by molar-refractivity contribution is 7.99. The maximum atomic E-state index is 6.15. The van der Waals surface area contributed by atoms with Gasteiger partial charge in [-0.05, 0) is 36.5 Å². The van der Waals surface area contributed by atoms with Crippen molar-refractivity contribution in [1.29, 1.82) is 0 Å². The fourth-order valence-electron chi connectivity index (χ4n) is 1.80. The Morgan fingerprint density at radius 1 is 1.38 bits per heavy atom. The third kappa shape index (κ3) is 2.98. The van der Waals surface area contributed by atoms with Crippen molar-refractivity contribution in [3.8, 4) is 5.75 Å². The van der Waals surface area contributed by atoms with Crippen molar-refractivity contribution in [1.82, 2.24) is 0 Å². The summed E-state index contributed by atoms with van der Waals surface area (Å²) < 4.78 is 5.20. The normalized spacial score (nSPS) is 17.1. The summed E-state index contributed by atoms with van der Waals surface area (Å²) in [5.41, 5.74) is 0.984. The second-order valence-electron chi connectivity index (χ2n) is 3.88. The van der Waals surface area contributed by atoms with Gasteiger partial charge in [-0.15, -0.1) is 0 Å². The van der Waals surface area contributed by atoms with Gasteiger partial charge in [-0.1, -0.05) is 11.6 Å². The molecule has 1 saturated heterocycles. The molecule has 0 bridgehead atoms. The summed E-state index contributed by atoms with van der Waals surface area (Å²) in [6.07, 6.45) is 2.41. The number of halogens is 1. The number of rotatable bonds is 3. The van der Waals surface area contributed by atoms with Crippen LogP contribution in [0.4, 0.5) is 5.69 Å². The zero-order valence-corrected chi connectivity index (χ0v) is 10.9. The molecule has 1 N–H and O–H groups in total. The van der Waals surface area contributed by atoms with Crippen LogP contribution in [0, 0.1) is 0 Å². The molecule has 1 aromatic rings. The lowest BCUT2D eigenvalue weighted by Gasteiger charge is -2.24. The summed E-state index contributed by atoms with van der Waals surface area (Å²) in [5, 5.41) is 4.26. The molecule has 0 spiro atoms. The fourth-order valence-corrected chi connectivity index (χ4v) is 3.08. The Bertz CT molecular complexity index is 353. The van der Waals surface area contributed by atoms with Crippen LogP contribution in [0.25, 0.3) is 0 Å². The molecule has 1 aromatic carbocycles. The first-order valence-corrected chi connectivity index (χ1v) is 7.00. The first-order chi connectivity index (χ1) is 7.79. The van der Waals surface area contributed by atoms with Crippen molar-refractivity contribution in [3.63, 3.8) is 0 Å². The van der Waals surface area contributed by atoms with Gasteiger partial charge in [0, 0.05) is 12.1 Å². The van der Waals surface area contributed by atoms with Crippen molar-refractivity contribution >= 4 is 29.1 Å². The Morgan fingerprint density at radius 3 is 2.81 bits per heavy atom. The van der Waals surface area contributed by atoms with Gasteiger partial charge in [0.15, 0.2) is 0 Å². The van der Waals surface area contributed by atoms with E-state index in [9.17, 15) is 0 Å². The molecule has 1 aliphatic rings. The zero-order chi connectivity index (χ0) is 11.4. The number of ether oxygens (including phenoxy) is 1. The third-order valence-electron chi connectivity index (χ3n) is 2.75. The van der Waals surface area contributed by atoms with Gasteiger partial charge in [-0.3, -0.25) is 0 Å². The topological polar surface area (TPSA) is 21.3 Å². The minimum atomic E-state index is 0.547. The highest BCUT2D eigenvalue weighted by atomic mass is 35.5. The van der Waals surface area contributed by atoms with Crippen LogP contribution in [0.2, 0.25) is 5.02 Å². The maximum absolute atomic E-state index is 6.15. The molecular weight excluding hydrogens is 242 g/mol. The van der Waals surface area contributed by atoms with E-state index in [-0.39, 0.29) is 0 Å². The number of methoxy groups -OCH3 is 1. The van der Waals surface area contributed by atoms with E-state index in [0.29, 0.717) is 6.04 Å². The van der Waals surface area contributed by atoms with Gasteiger partial charge in [-0.2, -0.15) is 11.8 Å². The minimum absolute atomic E-state index is 0.547. The van der Waals surface area contributed by atoms with Gasteiger partial charge in [0.1, 0.15) is 5.75 Å². The summed E-state index contributed by atoms with van der Waals surface area (Å²) in [6, 6.07) is 6.26. The largest absolute Gasteiger partial charge is 0.497 e. The molecule has 16 heavy (non-hydrogen) atoms. The summed E-state index contributed by atoms with van der Waals surface area (Å²) >= 11 is 8.17. The smallest absolute Gasteiger partial charge is 0.121 e. The van der Waals surface area contributed by atoms with Crippen LogP contribution in [0.3, 0.4) is 0 Å². The predicted octanol–water partition coefficient (Wildman–Crippen LogP) is 3.66. The monoisotopic (exact) mass is 257 g/mol. The van der Waals surface area contributed by atoms with Crippen molar-refractivity contribution in [2.24, 2.45) is 0 Å². The lowest BCUT2D eigenvalue weighted by molar-refractivity contribution is 0.415. The molecule has 1 fully saturated rings. The molecule has 0 saturated carbocycles. The quantitative estimate of drug-likeness (QED) is 0.893. The first kappa shape index (κ1) is 11.9. The highest BCUT2D eigenvalue weighted by Crippen LogP contribution is 2.29. The van der Waals surface area contributed by atoms with Crippen LogP contribution >= 0.6 is 23.4 Å². The maximum Gasteiger partial charge on any atom is 0.121 e. The fraction of sp³-hybridized carbons (Fsp3) is 0.500. The molecule has 1 aliphatic heterocycles. The number of nitrogens with one attached hydrogen (secondary N) is 1. The molecule has 2 rings (SSSR count). The average molecular weight is 258 g/mol. The number of hydrogen-bond donors (Lipinski definition) is 1. The van der Waals surface area contributed by atoms with Crippen LogP contribution < -0.4 is 10.1 Å². The van der Waals surface area contributed by atoms with Gasteiger partial charge >= 0.3 is 0 Å². The van der Waals surface area contributed by atoms with E-state index < -0.39 is 0 Å². The van der Waals surface area contributed by atoms with Crippen LogP contribution in [-0.4, -0.2) is 24.7 Å². The average Bonchev–Trinajstić information content (AvgIpc) is 2.33. The van der Waals surface area contributed by atoms with Crippen LogP contribution in [-0.2, 0) is 0 Å². The van der Waals surface area contributed by atoms with Gasteiger partial charge in [0.2, 0.25) is 0 Å². The Hall–Kier alpha value is -0.540. The molecule has 0 aliphatic carbocycles. The predicted molar refractivity (Wildman–Crippen MR) is 72.0 cm³/mol. The second kappa shape index (κ2) is 5.69. The standard InChI is InChI=1S/C12H16ClNOS/c1-15-10-2-3-11(13)12(8-10)14-9-4-6-16-7-5-9/h2-3,8-9,14H,4-7H2,1H3. The van der Waals surface area contributed by atoms with E-state index in [1.54, 1.807) is 7.11 Å². The van der Waals surface area contributed by atoms with E-state index in [1.807, 2.05) is 30.0 Å². The van der Waals surface area contributed by atoms with E-state index >= 15 is 0 Å². The summed E-state index contributed by atoms with van der Waals surface area (Å²) in [5.74, 6) is 3.32. The molecule has 0 radical (unpaired) electrons. The molecule has 0 aromatic heterocycles. The Balaban J connectivity index is 2.06. The minimum Gasteiger partial charge on any atom is -0.497 e. The van der Waals surface area contributed by atoms with Crippen LogP contribution in [0.15, 0.2) is 18.2 Å². The number of anilines is 1. The Kier molecular flexibility index (Phi) is 4.24. The molecule has 0 atom stereocenters. The highest BCUT2D eigenvalue weighted by Gasteiger charge is 2.14. The van der Waals surface area contributed by atoms with Crippen molar-refractivity contribution < 1.29 is 4.74 Å². The van der Waals surface area contributed by atoms with Crippen LogP contribution in [0.5, 0.6) is 5.75 Å². The Labute approximate surface area is 106 Å². The van der Waals surface area contributed by atoms with Gasteiger partial charge < -0.3 is 10.1 Å².